The molecule has 0 aliphatic heterocycles. The Morgan fingerprint density at radius 3 is 2.40 bits per heavy atom. The Hall–Kier alpha value is -2.42. The average Bonchev–Trinajstić information content (AvgIpc) is 2.41. The molecule has 0 fully saturated rings. The zero-order valence-corrected chi connectivity index (χ0v) is 11.8. The van der Waals surface area contributed by atoms with Crippen LogP contribution in [0.4, 0.5) is 5.69 Å². The summed E-state index contributed by atoms with van der Waals surface area (Å²) in [5.74, 6) is 0.284. The van der Waals surface area contributed by atoms with E-state index in [1.165, 1.54) is 6.92 Å². The number of benzene rings is 2. The fourth-order valence-corrected chi connectivity index (χ4v) is 2.02. The Bertz CT molecular complexity index is 670. The minimum Gasteiger partial charge on any atom is -0.507 e. The van der Waals surface area contributed by atoms with Crippen molar-refractivity contribution < 1.29 is 9.90 Å². The molecule has 2 aromatic rings. The second-order valence-corrected chi connectivity index (χ2v) is 4.88. The molecule has 0 spiro atoms. The minimum absolute atomic E-state index is 0.0347. The number of Topliss-reactive ketones (excluding diaryl/α,β-unsaturated/α-hetero) is 1. The van der Waals surface area contributed by atoms with E-state index in [-0.39, 0.29) is 11.5 Å². The number of aryl methyl sites for hydroxylation is 2. The van der Waals surface area contributed by atoms with E-state index in [1.54, 1.807) is 30.5 Å². The van der Waals surface area contributed by atoms with Gasteiger partial charge in [-0.1, -0.05) is 6.07 Å². The van der Waals surface area contributed by atoms with Gasteiger partial charge in [-0.15, -0.1) is 0 Å². The third kappa shape index (κ3) is 3.12. The first kappa shape index (κ1) is 14.0. The lowest BCUT2D eigenvalue weighted by atomic mass is 10.1. The zero-order chi connectivity index (χ0) is 14.7. The number of rotatable bonds is 3. The van der Waals surface area contributed by atoms with Gasteiger partial charge < -0.3 is 5.11 Å². The first-order valence-electron chi connectivity index (χ1n) is 6.42. The van der Waals surface area contributed by atoms with Crippen LogP contribution in [0.2, 0.25) is 0 Å². The second-order valence-electron chi connectivity index (χ2n) is 4.88. The Kier molecular flexibility index (Phi) is 3.99. The van der Waals surface area contributed by atoms with Crippen molar-refractivity contribution in [3.05, 3.63) is 58.7 Å². The quantitative estimate of drug-likeness (QED) is 0.676. The first-order valence-corrected chi connectivity index (χ1v) is 6.42. The van der Waals surface area contributed by atoms with E-state index in [0.29, 0.717) is 11.1 Å². The third-order valence-corrected chi connectivity index (χ3v) is 3.10. The van der Waals surface area contributed by atoms with Gasteiger partial charge in [0.15, 0.2) is 5.78 Å². The van der Waals surface area contributed by atoms with Gasteiger partial charge in [0.2, 0.25) is 0 Å². The van der Waals surface area contributed by atoms with Gasteiger partial charge in [-0.05, 0) is 62.2 Å². The van der Waals surface area contributed by atoms with Gasteiger partial charge in [-0.3, -0.25) is 9.79 Å². The summed E-state index contributed by atoms with van der Waals surface area (Å²) < 4.78 is 0. The third-order valence-electron chi connectivity index (χ3n) is 3.10. The maximum Gasteiger partial charge on any atom is 0.159 e. The molecule has 3 nitrogen and oxygen atoms in total. The molecule has 20 heavy (non-hydrogen) atoms. The van der Waals surface area contributed by atoms with Gasteiger partial charge in [0.25, 0.3) is 0 Å². The molecule has 1 N–H and O–H groups in total. The number of aliphatic imine (C=N–C) groups is 1. The van der Waals surface area contributed by atoms with Crippen LogP contribution in [0.5, 0.6) is 5.75 Å². The summed E-state index contributed by atoms with van der Waals surface area (Å²) in [5.41, 5.74) is 4.01. The largest absolute Gasteiger partial charge is 0.507 e. The van der Waals surface area contributed by atoms with Crippen LogP contribution in [-0.2, 0) is 0 Å². The van der Waals surface area contributed by atoms with Crippen LogP contribution in [-0.4, -0.2) is 17.1 Å². The molecular weight excluding hydrogens is 250 g/mol. The SMILES string of the molecule is CC(=O)c1ccc(N=Cc2cc(C)cc(C)c2O)cc1. The lowest BCUT2D eigenvalue weighted by Crippen LogP contribution is -1.90. The van der Waals surface area contributed by atoms with Crippen LogP contribution < -0.4 is 0 Å². The molecule has 0 atom stereocenters. The second kappa shape index (κ2) is 5.70. The topological polar surface area (TPSA) is 49.7 Å². The number of ketones is 1. The van der Waals surface area contributed by atoms with E-state index < -0.39 is 0 Å². The predicted octanol–water partition coefficient (Wildman–Crippen LogP) is 3.96. The summed E-state index contributed by atoms with van der Waals surface area (Å²) in [4.78, 5) is 15.5. The number of carbonyl (C=O) groups excluding carboxylic acids is 1. The van der Waals surface area contributed by atoms with Crippen molar-refractivity contribution in [2.75, 3.05) is 0 Å². The lowest BCUT2D eigenvalue weighted by molar-refractivity contribution is 0.101. The monoisotopic (exact) mass is 267 g/mol. The normalized spacial score (nSPS) is 10.9. The summed E-state index contributed by atoms with van der Waals surface area (Å²) in [7, 11) is 0. The van der Waals surface area contributed by atoms with Crippen molar-refractivity contribution in [1.82, 2.24) is 0 Å². The molecule has 0 amide bonds. The molecule has 2 rings (SSSR count). The van der Waals surface area contributed by atoms with Crippen molar-refractivity contribution in [3.8, 4) is 5.75 Å². The summed E-state index contributed by atoms with van der Waals surface area (Å²) in [5, 5.41) is 9.98. The highest BCUT2D eigenvalue weighted by atomic mass is 16.3. The molecule has 0 saturated heterocycles. The zero-order valence-electron chi connectivity index (χ0n) is 11.8. The smallest absolute Gasteiger partial charge is 0.159 e. The van der Waals surface area contributed by atoms with Gasteiger partial charge in [0.1, 0.15) is 5.75 Å². The van der Waals surface area contributed by atoms with Crippen molar-refractivity contribution in [1.29, 1.82) is 0 Å². The van der Waals surface area contributed by atoms with E-state index in [4.69, 9.17) is 0 Å². The number of aromatic hydroxyl groups is 1. The van der Waals surface area contributed by atoms with Gasteiger partial charge in [0.05, 0.1) is 5.69 Å². The highest BCUT2D eigenvalue weighted by Crippen LogP contribution is 2.23. The highest BCUT2D eigenvalue weighted by Gasteiger charge is 2.03. The number of phenolic OH excluding ortho intramolecular Hbond substituents is 1. The predicted molar refractivity (Wildman–Crippen MR) is 81.3 cm³/mol. The standard InChI is InChI=1S/C17H17NO2/c1-11-8-12(2)17(20)15(9-11)10-18-16-6-4-14(5-7-16)13(3)19/h4-10,20H,1-3H3. The average molecular weight is 267 g/mol. The van der Waals surface area contributed by atoms with E-state index in [1.807, 2.05) is 26.0 Å². The maximum atomic E-state index is 11.2. The van der Waals surface area contributed by atoms with E-state index in [0.717, 1.165) is 16.8 Å². The highest BCUT2D eigenvalue weighted by molar-refractivity contribution is 5.94. The number of carbonyl (C=O) groups is 1. The molecular formula is C17H17NO2. The van der Waals surface area contributed by atoms with Crippen molar-refractivity contribution in [2.24, 2.45) is 4.99 Å². The minimum atomic E-state index is 0.0347. The molecule has 0 aliphatic rings. The molecule has 0 unspecified atom stereocenters. The van der Waals surface area contributed by atoms with Crippen molar-refractivity contribution in [2.45, 2.75) is 20.8 Å². The molecule has 0 aliphatic carbocycles. The van der Waals surface area contributed by atoms with Crippen LogP contribution in [0, 0.1) is 13.8 Å². The fraction of sp³-hybridized carbons (Fsp3) is 0.176. The van der Waals surface area contributed by atoms with Crippen molar-refractivity contribution >= 4 is 17.7 Å². The van der Waals surface area contributed by atoms with Crippen LogP contribution in [0.25, 0.3) is 0 Å². The van der Waals surface area contributed by atoms with Crippen LogP contribution in [0.1, 0.15) is 34.0 Å². The molecule has 0 saturated carbocycles. The summed E-state index contributed by atoms with van der Waals surface area (Å²) in [6, 6.07) is 10.9. The van der Waals surface area contributed by atoms with Crippen LogP contribution in [0.15, 0.2) is 41.4 Å². The van der Waals surface area contributed by atoms with Gasteiger partial charge in [-0.2, -0.15) is 0 Å². The Balaban J connectivity index is 2.27. The van der Waals surface area contributed by atoms with Gasteiger partial charge in [-0.25, -0.2) is 0 Å². The summed E-state index contributed by atoms with van der Waals surface area (Å²) in [6.07, 6.45) is 1.64. The molecule has 0 radical (unpaired) electrons. The summed E-state index contributed by atoms with van der Waals surface area (Å²) >= 11 is 0. The Morgan fingerprint density at radius 2 is 1.80 bits per heavy atom. The number of nitrogens with zero attached hydrogens (tertiary/aromatic N) is 1. The number of phenols is 1. The molecule has 0 bridgehead atoms. The number of hydrogen-bond acceptors (Lipinski definition) is 3. The lowest BCUT2D eigenvalue weighted by Gasteiger charge is -2.04. The Labute approximate surface area is 118 Å². The molecule has 102 valence electrons. The van der Waals surface area contributed by atoms with E-state index in [2.05, 4.69) is 4.99 Å². The van der Waals surface area contributed by atoms with E-state index >= 15 is 0 Å². The molecule has 0 aromatic heterocycles. The number of hydrogen-bond donors (Lipinski definition) is 1. The maximum absolute atomic E-state index is 11.2. The summed E-state index contributed by atoms with van der Waals surface area (Å²) in [6.45, 7) is 5.37. The fourth-order valence-electron chi connectivity index (χ4n) is 2.02. The van der Waals surface area contributed by atoms with Crippen molar-refractivity contribution in [3.63, 3.8) is 0 Å². The molecule has 2 aromatic carbocycles. The first-order chi connectivity index (χ1) is 9.47. The van der Waals surface area contributed by atoms with Crippen LogP contribution in [0.3, 0.4) is 0 Å². The van der Waals surface area contributed by atoms with Crippen LogP contribution >= 0.6 is 0 Å². The molecule has 0 heterocycles. The van der Waals surface area contributed by atoms with Gasteiger partial charge in [0, 0.05) is 17.3 Å². The van der Waals surface area contributed by atoms with Gasteiger partial charge >= 0.3 is 0 Å². The molecule has 3 heteroatoms. The van der Waals surface area contributed by atoms with E-state index in [9.17, 15) is 9.90 Å². The Morgan fingerprint density at radius 1 is 1.15 bits per heavy atom.